The topological polar surface area (TPSA) is 32.8 Å². The Labute approximate surface area is 400 Å². The second kappa shape index (κ2) is 15.6. The fourth-order valence-electron chi connectivity index (χ4n) is 11.7. The third-order valence-electron chi connectivity index (χ3n) is 14.6. The van der Waals surface area contributed by atoms with E-state index in [0.717, 1.165) is 85.6 Å². The number of benzene rings is 10. The molecule has 0 atom stereocenters. The molecule has 0 N–H and O–H groups in total. The molecular weight excluding hydrogens is 841 g/mol. The fourth-order valence-corrected chi connectivity index (χ4v) is 11.7. The Morgan fingerprint density at radius 3 is 1.67 bits per heavy atom. The molecule has 10 aromatic carbocycles. The van der Waals surface area contributed by atoms with Crippen LogP contribution in [0.25, 0.3) is 60.9 Å². The van der Waals surface area contributed by atoms with Gasteiger partial charge < -0.3 is 18.6 Å². The van der Waals surface area contributed by atoms with Gasteiger partial charge in [-0.3, -0.25) is 0 Å². The van der Waals surface area contributed by atoms with E-state index < -0.39 is 5.41 Å². The molecule has 0 saturated heterocycles. The summed E-state index contributed by atoms with van der Waals surface area (Å²) < 4.78 is 13.7. The summed E-state index contributed by atoms with van der Waals surface area (Å²) in [5, 5.41) is 5.70. The number of aryl methyl sites for hydroxylation is 1. The van der Waals surface area contributed by atoms with E-state index in [1.165, 1.54) is 49.7 Å². The van der Waals surface area contributed by atoms with Gasteiger partial charge in [-0.25, -0.2) is 0 Å². The molecule has 326 valence electrons. The molecule has 0 saturated carbocycles. The maximum atomic E-state index is 6.89. The molecular formula is C65H44N2O2. The third-order valence-corrected chi connectivity index (χ3v) is 14.6. The SMILES string of the molecule is C1=Cc2oc3c(N(c4ccccc4)c4cc5c(c6ccccc46)-c4ccc(N(c6ccccc6)c6cccc7c6oc6ccccc67)cc4C5(c4ccccc4)c4ccccc4)cccc3c2CC1. The Hall–Kier alpha value is -8.86. The number of allylic oxidation sites excluding steroid dienone is 1. The first kappa shape index (κ1) is 39.3. The first-order valence-electron chi connectivity index (χ1n) is 23.9. The summed E-state index contributed by atoms with van der Waals surface area (Å²) in [6, 6.07) is 83.8. The smallest absolute Gasteiger partial charge is 0.159 e. The number of hydrogen-bond donors (Lipinski definition) is 0. The third kappa shape index (κ3) is 5.88. The molecule has 69 heavy (non-hydrogen) atoms. The normalized spacial score (nSPS) is 13.4. The summed E-state index contributed by atoms with van der Waals surface area (Å²) in [5.74, 6) is 0.954. The van der Waals surface area contributed by atoms with Crippen LogP contribution in [0.1, 0.15) is 40.0 Å². The highest BCUT2D eigenvalue weighted by Crippen LogP contribution is 2.61. The summed E-state index contributed by atoms with van der Waals surface area (Å²) in [7, 11) is 0. The van der Waals surface area contributed by atoms with Crippen molar-refractivity contribution in [2.45, 2.75) is 18.3 Å². The molecule has 0 radical (unpaired) electrons. The van der Waals surface area contributed by atoms with Crippen LogP contribution in [0.15, 0.2) is 245 Å². The summed E-state index contributed by atoms with van der Waals surface area (Å²) in [5.41, 5.74) is 16.6. The van der Waals surface area contributed by atoms with E-state index in [9.17, 15) is 0 Å². The van der Waals surface area contributed by atoms with Crippen molar-refractivity contribution in [1.82, 2.24) is 0 Å². The highest BCUT2D eigenvalue weighted by molar-refractivity contribution is 6.13. The van der Waals surface area contributed by atoms with Crippen LogP contribution in [-0.4, -0.2) is 0 Å². The van der Waals surface area contributed by atoms with Gasteiger partial charge in [0.25, 0.3) is 0 Å². The van der Waals surface area contributed by atoms with Crippen LogP contribution in [0.3, 0.4) is 0 Å². The van der Waals surface area contributed by atoms with Crippen molar-refractivity contribution in [2.24, 2.45) is 0 Å². The first-order chi connectivity index (χ1) is 34.3. The lowest BCUT2D eigenvalue weighted by atomic mass is 9.67. The number of hydrogen-bond acceptors (Lipinski definition) is 4. The van der Waals surface area contributed by atoms with Gasteiger partial charge in [0.15, 0.2) is 11.2 Å². The minimum absolute atomic E-state index is 0.737. The van der Waals surface area contributed by atoms with Gasteiger partial charge in [-0.1, -0.05) is 176 Å². The predicted molar refractivity (Wildman–Crippen MR) is 285 cm³/mol. The van der Waals surface area contributed by atoms with Crippen LogP contribution in [0, 0.1) is 0 Å². The largest absolute Gasteiger partial charge is 0.454 e. The van der Waals surface area contributed by atoms with Gasteiger partial charge in [0, 0.05) is 44.2 Å². The molecule has 2 aliphatic rings. The molecule has 0 amide bonds. The Morgan fingerprint density at radius 2 is 0.957 bits per heavy atom. The quantitative estimate of drug-likeness (QED) is 0.152. The summed E-state index contributed by atoms with van der Waals surface area (Å²) >= 11 is 0. The minimum atomic E-state index is -0.737. The van der Waals surface area contributed by atoms with Crippen LogP contribution < -0.4 is 9.80 Å². The first-order valence-corrected chi connectivity index (χ1v) is 23.9. The van der Waals surface area contributed by atoms with Gasteiger partial charge in [-0.05, 0) is 118 Å². The van der Waals surface area contributed by atoms with E-state index in [0.29, 0.717) is 0 Å². The van der Waals surface area contributed by atoms with Crippen molar-refractivity contribution >= 4 is 83.9 Å². The van der Waals surface area contributed by atoms with Crippen LogP contribution in [-0.2, 0) is 11.8 Å². The van der Waals surface area contributed by atoms with Crippen molar-refractivity contribution in [3.05, 3.63) is 270 Å². The molecule has 4 nitrogen and oxygen atoms in total. The number of anilines is 6. The molecule has 2 aliphatic carbocycles. The highest BCUT2D eigenvalue weighted by atomic mass is 16.3. The van der Waals surface area contributed by atoms with Crippen LogP contribution in [0.2, 0.25) is 0 Å². The molecule has 4 heteroatoms. The number of para-hydroxylation sites is 5. The van der Waals surface area contributed by atoms with Crippen molar-refractivity contribution in [3.63, 3.8) is 0 Å². The summed E-state index contributed by atoms with van der Waals surface area (Å²) in [4.78, 5) is 4.80. The monoisotopic (exact) mass is 884 g/mol. The zero-order valence-corrected chi connectivity index (χ0v) is 37.7. The second-order valence-corrected chi connectivity index (χ2v) is 18.2. The molecule has 0 aliphatic heterocycles. The molecule has 12 aromatic rings. The maximum absolute atomic E-state index is 6.89. The van der Waals surface area contributed by atoms with E-state index in [2.05, 4.69) is 246 Å². The maximum Gasteiger partial charge on any atom is 0.159 e. The zero-order valence-electron chi connectivity index (χ0n) is 37.7. The lowest BCUT2D eigenvalue weighted by molar-refractivity contribution is 0.596. The molecule has 0 fully saturated rings. The summed E-state index contributed by atoms with van der Waals surface area (Å²) in [6.45, 7) is 0. The van der Waals surface area contributed by atoms with Gasteiger partial charge >= 0.3 is 0 Å². The van der Waals surface area contributed by atoms with E-state index in [-0.39, 0.29) is 0 Å². The molecule has 14 rings (SSSR count). The number of fused-ring (bicyclic) bond motifs is 11. The lowest BCUT2D eigenvalue weighted by Crippen LogP contribution is -2.29. The highest BCUT2D eigenvalue weighted by Gasteiger charge is 2.48. The fraction of sp³-hybridized carbons (Fsp3) is 0.0462. The van der Waals surface area contributed by atoms with Crippen LogP contribution in [0.5, 0.6) is 0 Å². The van der Waals surface area contributed by atoms with Crippen molar-refractivity contribution < 1.29 is 8.83 Å². The number of furan rings is 2. The van der Waals surface area contributed by atoms with Gasteiger partial charge in [0.1, 0.15) is 11.3 Å². The van der Waals surface area contributed by atoms with Gasteiger partial charge in [0.05, 0.1) is 22.5 Å². The number of nitrogens with zero attached hydrogens (tertiary/aromatic N) is 2. The molecule has 2 aromatic heterocycles. The van der Waals surface area contributed by atoms with E-state index >= 15 is 0 Å². The Morgan fingerprint density at radius 1 is 0.391 bits per heavy atom. The average molecular weight is 885 g/mol. The molecule has 0 spiro atoms. The van der Waals surface area contributed by atoms with E-state index in [1.54, 1.807) is 0 Å². The van der Waals surface area contributed by atoms with E-state index in [1.807, 2.05) is 6.07 Å². The lowest BCUT2D eigenvalue weighted by Gasteiger charge is -2.36. The van der Waals surface area contributed by atoms with Crippen molar-refractivity contribution in [3.8, 4) is 11.1 Å². The summed E-state index contributed by atoms with van der Waals surface area (Å²) in [6.07, 6.45) is 6.34. The minimum Gasteiger partial charge on any atom is -0.454 e. The molecule has 0 unspecified atom stereocenters. The van der Waals surface area contributed by atoms with Crippen LogP contribution >= 0.6 is 0 Å². The van der Waals surface area contributed by atoms with E-state index in [4.69, 9.17) is 8.83 Å². The van der Waals surface area contributed by atoms with Crippen LogP contribution in [0.4, 0.5) is 34.1 Å². The van der Waals surface area contributed by atoms with Gasteiger partial charge in [-0.2, -0.15) is 0 Å². The second-order valence-electron chi connectivity index (χ2n) is 18.2. The average Bonchev–Trinajstić information content (AvgIpc) is 4.09. The van der Waals surface area contributed by atoms with Gasteiger partial charge in [-0.15, -0.1) is 0 Å². The molecule has 2 heterocycles. The zero-order chi connectivity index (χ0) is 45.5. The predicted octanol–water partition coefficient (Wildman–Crippen LogP) is 17.7. The Bertz CT molecular complexity index is 3920. The number of rotatable bonds is 8. The Balaban J connectivity index is 1.09. The molecule has 0 bridgehead atoms. The Kier molecular flexibility index (Phi) is 8.90. The van der Waals surface area contributed by atoms with Gasteiger partial charge in [0.2, 0.25) is 0 Å². The van der Waals surface area contributed by atoms with Crippen molar-refractivity contribution in [1.29, 1.82) is 0 Å². The standard InChI is InChI=1S/C65H44N2O2/c1-5-21-43(22-6-1)65(44-23-7-2-8-24-44)55-41-47(66(45-25-9-3-10-26-45)57-35-19-33-52-49-30-15-17-37-60(49)68-63(52)57)39-40-54(55)62-51-32-14-13-29-48(51)59(42-56(62)65)67(46-27-11-4-12-28-46)58-36-20-34-53-50-31-16-18-38-61(50)69-64(53)58/h1-15,17-30,32-42H,16,31H2. The van der Waals surface area contributed by atoms with Crippen molar-refractivity contribution in [2.75, 3.05) is 9.80 Å².